The zero-order valence-corrected chi connectivity index (χ0v) is 14.3. The molecule has 9 heteroatoms. The summed E-state index contributed by atoms with van der Waals surface area (Å²) < 4.78 is 1.70. The Labute approximate surface area is 145 Å². The summed E-state index contributed by atoms with van der Waals surface area (Å²) in [5.41, 5.74) is 0.530. The lowest BCUT2D eigenvalue weighted by atomic mass is 10.0. The van der Waals surface area contributed by atoms with Gasteiger partial charge in [0, 0.05) is 18.7 Å². The lowest BCUT2D eigenvalue weighted by Crippen LogP contribution is -2.34. The second kappa shape index (κ2) is 8.02. The molecule has 25 heavy (non-hydrogen) atoms. The van der Waals surface area contributed by atoms with E-state index in [0.717, 1.165) is 19.5 Å². The second-order valence-electron chi connectivity index (χ2n) is 6.31. The number of hydrogen-bond acceptors (Lipinski definition) is 6. The number of piperidine rings is 1. The normalized spacial score (nSPS) is 17.4. The number of aromatic amines is 1. The molecule has 0 aliphatic carbocycles. The van der Waals surface area contributed by atoms with Crippen molar-refractivity contribution in [3.05, 3.63) is 39.8 Å². The van der Waals surface area contributed by atoms with Gasteiger partial charge in [0.15, 0.2) is 5.69 Å². The molecular weight excluding hydrogens is 322 g/mol. The Kier molecular flexibility index (Phi) is 5.54. The first kappa shape index (κ1) is 17.3. The summed E-state index contributed by atoms with van der Waals surface area (Å²) in [4.78, 5) is 30.3. The van der Waals surface area contributed by atoms with Crippen molar-refractivity contribution in [2.24, 2.45) is 0 Å². The minimum atomic E-state index is -0.332. The van der Waals surface area contributed by atoms with Crippen molar-refractivity contribution < 1.29 is 4.79 Å². The van der Waals surface area contributed by atoms with E-state index in [0.29, 0.717) is 17.6 Å². The predicted octanol–water partition coefficient (Wildman–Crippen LogP) is 0.132. The summed E-state index contributed by atoms with van der Waals surface area (Å²) in [6, 6.07) is 1.88. The van der Waals surface area contributed by atoms with Gasteiger partial charge in [0.05, 0.1) is 18.4 Å². The number of aryl methyl sites for hydroxylation is 2. The number of amides is 1. The van der Waals surface area contributed by atoms with Crippen LogP contribution in [0.3, 0.4) is 0 Å². The molecule has 134 valence electrons. The van der Waals surface area contributed by atoms with Crippen LogP contribution >= 0.6 is 0 Å². The van der Waals surface area contributed by atoms with Crippen LogP contribution in [0.15, 0.2) is 17.1 Å². The van der Waals surface area contributed by atoms with Gasteiger partial charge in [-0.1, -0.05) is 11.6 Å². The number of nitrogens with zero attached hydrogens (tertiary/aromatic N) is 4. The summed E-state index contributed by atoms with van der Waals surface area (Å²) in [5.74, 6) is 0.181. The molecule has 0 spiro atoms. The standard InChI is InChI=1S/C16H23N7O2/c1-11-19-13(8-15(24)20-11)9-18-16(25)14-10-23(22-21-14)7-5-12-4-2-3-6-17-12/h8,10,12,17H,2-7,9H2,1H3,(H,18,25)(H,19,20,24)/t12-/m1/s1. The largest absolute Gasteiger partial charge is 0.345 e. The highest BCUT2D eigenvalue weighted by Crippen LogP contribution is 2.10. The van der Waals surface area contributed by atoms with Gasteiger partial charge in [-0.15, -0.1) is 5.10 Å². The first-order valence-electron chi connectivity index (χ1n) is 8.59. The summed E-state index contributed by atoms with van der Waals surface area (Å²) in [7, 11) is 0. The summed E-state index contributed by atoms with van der Waals surface area (Å²) in [5, 5.41) is 14.1. The summed E-state index contributed by atoms with van der Waals surface area (Å²) in [6.07, 6.45) is 6.31. The van der Waals surface area contributed by atoms with Crippen LogP contribution in [0, 0.1) is 6.92 Å². The number of H-pyrrole nitrogens is 1. The second-order valence-corrected chi connectivity index (χ2v) is 6.31. The zero-order chi connectivity index (χ0) is 17.6. The molecule has 2 aromatic rings. The molecule has 2 aromatic heterocycles. The quantitative estimate of drug-likeness (QED) is 0.685. The molecular formula is C16H23N7O2. The van der Waals surface area contributed by atoms with E-state index in [-0.39, 0.29) is 23.7 Å². The van der Waals surface area contributed by atoms with Gasteiger partial charge >= 0.3 is 0 Å². The van der Waals surface area contributed by atoms with Crippen molar-refractivity contribution in [1.29, 1.82) is 0 Å². The van der Waals surface area contributed by atoms with Gasteiger partial charge < -0.3 is 15.6 Å². The smallest absolute Gasteiger partial charge is 0.273 e. The Hall–Kier alpha value is -2.55. The zero-order valence-electron chi connectivity index (χ0n) is 14.3. The summed E-state index contributed by atoms with van der Waals surface area (Å²) in [6.45, 7) is 3.67. The maximum absolute atomic E-state index is 12.2. The third-order valence-corrected chi connectivity index (χ3v) is 4.23. The highest BCUT2D eigenvalue weighted by Gasteiger charge is 2.14. The first-order valence-corrected chi connectivity index (χ1v) is 8.59. The lowest BCUT2D eigenvalue weighted by molar-refractivity contribution is 0.0945. The van der Waals surface area contributed by atoms with Gasteiger partial charge in [-0.3, -0.25) is 14.3 Å². The molecule has 1 saturated heterocycles. The summed E-state index contributed by atoms with van der Waals surface area (Å²) >= 11 is 0. The molecule has 1 atom stereocenters. The predicted molar refractivity (Wildman–Crippen MR) is 91.0 cm³/mol. The van der Waals surface area contributed by atoms with Crippen molar-refractivity contribution in [3.8, 4) is 0 Å². The minimum Gasteiger partial charge on any atom is -0.345 e. The van der Waals surface area contributed by atoms with E-state index in [1.165, 1.54) is 25.3 Å². The molecule has 3 N–H and O–H groups in total. The molecule has 0 unspecified atom stereocenters. The molecule has 0 aromatic carbocycles. The van der Waals surface area contributed by atoms with Crippen LogP contribution in [-0.2, 0) is 13.1 Å². The van der Waals surface area contributed by atoms with Gasteiger partial charge in [0.25, 0.3) is 11.5 Å². The van der Waals surface area contributed by atoms with Gasteiger partial charge in [-0.05, 0) is 32.7 Å². The molecule has 1 aliphatic heterocycles. The molecule has 3 rings (SSSR count). The van der Waals surface area contributed by atoms with E-state index in [1.807, 2.05) is 0 Å². The molecule has 1 fully saturated rings. The van der Waals surface area contributed by atoms with E-state index >= 15 is 0 Å². The van der Waals surface area contributed by atoms with E-state index in [9.17, 15) is 9.59 Å². The molecule has 0 saturated carbocycles. The number of hydrogen-bond donors (Lipinski definition) is 3. The fraction of sp³-hybridized carbons (Fsp3) is 0.562. The molecule has 0 radical (unpaired) electrons. The van der Waals surface area contributed by atoms with E-state index < -0.39 is 0 Å². The van der Waals surface area contributed by atoms with Gasteiger partial charge in [-0.2, -0.15) is 0 Å². The average molecular weight is 345 g/mol. The van der Waals surface area contributed by atoms with Crippen LogP contribution in [0.5, 0.6) is 0 Å². The van der Waals surface area contributed by atoms with Crippen molar-refractivity contribution in [2.45, 2.75) is 51.7 Å². The Morgan fingerprint density at radius 1 is 1.44 bits per heavy atom. The Balaban J connectivity index is 1.50. The van der Waals surface area contributed by atoms with Crippen LogP contribution < -0.4 is 16.2 Å². The molecule has 9 nitrogen and oxygen atoms in total. The Morgan fingerprint density at radius 3 is 3.08 bits per heavy atom. The maximum Gasteiger partial charge on any atom is 0.273 e. The Bertz CT molecular complexity index is 777. The topological polar surface area (TPSA) is 118 Å². The maximum atomic E-state index is 12.2. The van der Waals surface area contributed by atoms with Gasteiger partial charge in [-0.25, -0.2) is 4.98 Å². The van der Waals surface area contributed by atoms with Crippen molar-refractivity contribution in [2.75, 3.05) is 6.54 Å². The van der Waals surface area contributed by atoms with Crippen molar-refractivity contribution in [3.63, 3.8) is 0 Å². The number of carbonyl (C=O) groups is 1. The molecule has 3 heterocycles. The van der Waals surface area contributed by atoms with Crippen LogP contribution in [0.25, 0.3) is 0 Å². The monoisotopic (exact) mass is 345 g/mol. The van der Waals surface area contributed by atoms with Crippen LogP contribution in [0.1, 0.15) is 47.7 Å². The fourth-order valence-corrected chi connectivity index (χ4v) is 2.96. The molecule has 1 aliphatic rings. The van der Waals surface area contributed by atoms with E-state index in [4.69, 9.17) is 0 Å². The number of aromatic nitrogens is 5. The fourth-order valence-electron chi connectivity index (χ4n) is 2.96. The van der Waals surface area contributed by atoms with Gasteiger partial charge in [0.1, 0.15) is 5.82 Å². The minimum absolute atomic E-state index is 0.169. The number of nitrogens with one attached hydrogen (secondary N) is 3. The highest BCUT2D eigenvalue weighted by atomic mass is 16.2. The van der Waals surface area contributed by atoms with Gasteiger partial charge in [0.2, 0.25) is 0 Å². The average Bonchev–Trinajstić information content (AvgIpc) is 3.07. The number of carbonyl (C=O) groups excluding carboxylic acids is 1. The van der Waals surface area contributed by atoms with Crippen LogP contribution in [0.4, 0.5) is 0 Å². The third-order valence-electron chi connectivity index (χ3n) is 4.23. The third kappa shape index (κ3) is 4.96. The molecule has 0 bridgehead atoms. The highest BCUT2D eigenvalue weighted by molar-refractivity contribution is 5.91. The SMILES string of the molecule is Cc1nc(CNC(=O)c2cn(CC[C@H]3CCCCN3)nn2)cc(=O)[nH]1. The molecule has 1 amide bonds. The lowest BCUT2D eigenvalue weighted by Gasteiger charge is -2.23. The number of rotatable bonds is 6. The Morgan fingerprint density at radius 2 is 2.32 bits per heavy atom. The first-order chi connectivity index (χ1) is 12.1. The van der Waals surface area contributed by atoms with Crippen molar-refractivity contribution in [1.82, 2.24) is 35.6 Å². The van der Waals surface area contributed by atoms with E-state index in [2.05, 4.69) is 30.9 Å². The van der Waals surface area contributed by atoms with E-state index in [1.54, 1.807) is 17.8 Å². The van der Waals surface area contributed by atoms with Crippen LogP contribution in [0.2, 0.25) is 0 Å². The van der Waals surface area contributed by atoms with Crippen molar-refractivity contribution >= 4 is 5.91 Å². The van der Waals surface area contributed by atoms with Crippen LogP contribution in [-0.4, -0.2) is 43.5 Å².